The Balaban J connectivity index is 1.72. The van der Waals surface area contributed by atoms with E-state index in [1.165, 1.54) is 12.1 Å². The number of carbonyl (C=O) groups excluding carboxylic acids is 1. The molecule has 1 fully saturated rings. The molecule has 0 radical (unpaired) electrons. The summed E-state index contributed by atoms with van der Waals surface area (Å²) in [6.07, 6.45) is -2.72. The van der Waals surface area contributed by atoms with E-state index in [4.69, 9.17) is 10.2 Å². The topological polar surface area (TPSA) is 85.3 Å². The zero-order valence-corrected chi connectivity index (χ0v) is 19.0. The highest BCUT2D eigenvalue weighted by Crippen LogP contribution is 2.40. The van der Waals surface area contributed by atoms with Gasteiger partial charge in [0, 0.05) is 34.5 Å². The first-order valence-electron chi connectivity index (χ1n) is 9.61. The summed E-state index contributed by atoms with van der Waals surface area (Å²) < 4.78 is 46.4. The van der Waals surface area contributed by atoms with Crippen LogP contribution in [0.15, 0.2) is 51.4 Å². The highest BCUT2D eigenvalue weighted by Gasteiger charge is 2.43. The van der Waals surface area contributed by atoms with Crippen molar-refractivity contribution >= 4 is 33.7 Å². The molecule has 0 bridgehead atoms. The molecular weight excluding hydrogens is 509 g/mol. The van der Waals surface area contributed by atoms with Gasteiger partial charge in [0.1, 0.15) is 5.82 Å². The number of nitrogens with two attached hydrogens (primary N) is 1. The normalized spacial score (nSPS) is 18.8. The number of aromatic nitrogens is 2. The van der Waals surface area contributed by atoms with Gasteiger partial charge in [-0.25, -0.2) is 9.18 Å². The maximum atomic E-state index is 15.1. The monoisotopic (exact) mass is 526 g/mol. The van der Waals surface area contributed by atoms with Crippen LogP contribution < -0.4 is 5.73 Å². The van der Waals surface area contributed by atoms with Gasteiger partial charge in [0.2, 0.25) is 5.89 Å². The third-order valence-corrected chi connectivity index (χ3v) is 7.06. The Labute approximate surface area is 194 Å². The minimum atomic E-state index is -2.91. The third-order valence-electron chi connectivity index (χ3n) is 5.37. The van der Waals surface area contributed by atoms with Crippen molar-refractivity contribution in [1.29, 1.82) is 0 Å². The van der Waals surface area contributed by atoms with E-state index >= 15 is 4.39 Å². The van der Waals surface area contributed by atoms with Crippen LogP contribution in [-0.4, -0.2) is 39.2 Å². The van der Waals surface area contributed by atoms with Crippen LogP contribution >= 0.6 is 27.7 Å². The number of thioether (sulfide) groups is 1. The summed E-state index contributed by atoms with van der Waals surface area (Å²) in [7, 11) is 0. The third kappa shape index (κ3) is 4.36. The number of halogens is 4. The zero-order valence-electron chi connectivity index (χ0n) is 16.6. The number of urea groups is 1. The first-order chi connectivity index (χ1) is 15.3. The quantitative estimate of drug-likeness (QED) is 0.497. The lowest BCUT2D eigenvalue weighted by Gasteiger charge is -2.47. The van der Waals surface area contributed by atoms with E-state index in [1.807, 2.05) is 24.3 Å². The van der Waals surface area contributed by atoms with Crippen molar-refractivity contribution in [1.82, 2.24) is 15.1 Å². The molecule has 2 amide bonds. The molecule has 2 heterocycles. The number of primary amides is 1. The lowest BCUT2D eigenvalue weighted by atomic mass is 9.83. The van der Waals surface area contributed by atoms with Crippen LogP contribution in [0.5, 0.6) is 0 Å². The molecule has 3 aromatic rings. The maximum Gasteiger partial charge on any atom is 0.315 e. The molecule has 1 atom stereocenters. The van der Waals surface area contributed by atoms with Gasteiger partial charge in [-0.3, -0.25) is 0 Å². The van der Waals surface area contributed by atoms with Crippen molar-refractivity contribution in [2.45, 2.75) is 18.4 Å². The SMILES string of the molecule is NC(=O)N1CCSCC1(Cc1ccc(-c2nnc(C(F)F)o2)cc1F)c1ccc(Br)cc1. The molecule has 1 aliphatic rings. The first-order valence-corrected chi connectivity index (χ1v) is 11.6. The lowest BCUT2D eigenvalue weighted by Crippen LogP contribution is -2.57. The van der Waals surface area contributed by atoms with E-state index in [9.17, 15) is 13.6 Å². The second kappa shape index (κ2) is 9.14. The predicted octanol–water partition coefficient (Wildman–Crippen LogP) is 5.14. The Kier molecular flexibility index (Phi) is 6.47. The van der Waals surface area contributed by atoms with Gasteiger partial charge in [-0.15, -0.1) is 10.2 Å². The average molecular weight is 527 g/mol. The molecule has 11 heteroatoms. The van der Waals surface area contributed by atoms with Crippen LogP contribution in [0.2, 0.25) is 0 Å². The number of amides is 2. The molecule has 2 aromatic carbocycles. The summed E-state index contributed by atoms with van der Waals surface area (Å²) in [6.45, 7) is 0.439. The number of rotatable bonds is 5. The number of alkyl halides is 2. The Morgan fingerprint density at radius 1 is 1.25 bits per heavy atom. The molecule has 0 spiro atoms. The molecule has 1 saturated heterocycles. The molecule has 0 aliphatic carbocycles. The fourth-order valence-corrected chi connectivity index (χ4v) is 5.32. The molecule has 6 nitrogen and oxygen atoms in total. The van der Waals surface area contributed by atoms with Gasteiger partial charge in [0.25, 0.3) is 5.89 Å². The van der Waals surface area contributed by atoms with Gasteiger partial charge in [-0.2, -0.15) is 20.5 Å². The Morgan fingerprint density at radius 2 is 2.00 bits per heavy atom. The van der Waals surface area contributed by atoms with Gasteiger partial charge < -0.3 is 15.1 Å². The van der Waals surface area contributed by atoms with Crippen LogP contribution in [0.4, 0.5) is 18.0 Å². The number of hydrogen-bond acceptors (Lipinski definition) is 5. The van der Waals surface area contributed by atoms with E-state index in [0.717, 1.165) is 21.9 Å². The summed E-state index contributed by atoms with van der Waals surface area (Å²) in [5, 5.41) is 6.83. The minimum absolute atomic E-state index is 0.183. The summed E-state index contributed by atoms with van der Waals surface area (Å²) in [5.74, 6) is -0.321. The maximum absolute atomic E-state index is 15.1. The Hall–Kier alpha value is -2.53. The molecule has 1 aliphatic heterocycles. The summed E-state index contributed by atoms with van der Waals surface area (Å²) in [5.41, 5.74) is 6.25. The molecule has 1 aromatic heterocycles. The van der Waals surface area contributed by atoms with Gasteiger partial charge >= 0.3 is 12.5 Å². The number of nitrogens with zero attached hydrogens (tertiary/aromatic N) is 3. The molecule has 1 unspecified atom stereocenters. The van der Waals surface area contributed by atoms with Crippen molar-refractivity contribution in [3.8, 4) is 11.5 Å². The van der Waals surface area contributed by atoms with E-state index in [1.54, 1.807) is 16.7 Å². The number of carbonyl (C=O) groups is 1. The van der Waals surface area contributed by atoms with Crippen molar-refractivity contribution in [3.63, 3.8) is 0 Å². The van der Waals surface area contributed by atoms with Crippen molar-refractivity contribution < 1.29 is 22.4 Å². The summed E-state index contributed by atoms with van der Waals surface area (Å²) in [4.78, 5) is 13.9. The van der Waals surface area contributed by atoms with Gasteiger partial charge in [-0.1, -0.05) is 34.1 Å². The summed E-state index contributed by atoms with van der Waals surface area (Å²) >= 11 is 5.08. The van der Waals surface area contributed by atoms with Crippen LogP contribution in [0.25, 0.3) is 11.5 Å². The average Bonchev–Trinajstić information content (AvgIpc) is 3.26. The zero-order chi connectivity index (χ0) is 22.9. The van der Waals surface area contributed by atoms with Gasteiger partial charge in [-0.05, 0) is 35.4 Å². The number of hydrogen-bond donors (Lipinski definition) is 1. The van der Waals surface area contributed by atoms with Crippen LogP contribution in [0.3, 0.4) is 0 Å². The van der Waals surface area contributed by atoms with E-state index in [0.29, 0.717) is 17.9 Å². The van der Waals surface area contributed by atoms with Crippen LogP contribution in [-0.2, 0) is 12.0 Å². The van der Waals surface area contributed by atoms with Crippen LogP contribution in [0, 0.1) is 5.82 Å². The predicted molar refractivity (Wildman–Crippen MR) is 118 cm³/mol. The first kappa shape index (κ1) is 22.7. The fraction of sp³-hybridized carbons (Fsp3) is 0.286. The lowest BCUT2D eigenvalue weighted by molar-refractivity contribution is 0.116. The second-order valence-corrected chi connectivity index (χ2v) is 9.33. The molecule has 168 valence electrons. The second-order valence-electron chi connectivity index (χ2n) is 7.31. The Bertz CT molecular complexity index is 1130. The van der Waals surface area contributed by atoms with Crippen molar-refractivity contribution in [2.75, 3.05) is 18.1 Å². The Morgan fingerprint density at radius 3 is 2.62 bits per heavy atom. The molecular formula is C21H18BrF3N4O2S. The highest BCUT2D eigenvalue weighted by molar-refractivity contribution is 9.10. The van der Waals surface area contributed by atoms with Crippen LogP contribution in [0.1, 0.15) is 23.4 Å². The minimum Gasteiger partial charge on any atom is -0.415 e. The fourth-order valence-electron chi connectivity index (χ4n) is 3.84. The molecule has 0 saturated carbocycles. The molecule has 4 rings (SSSR count). The highest BCUT2D eigenvalue weighted by atomic mass is 79.9. The smallest absolute Gasteiger partial charge is 0.315 e. The van der Waals surface area contributed by atoms with E-state index < -0.39 is 29.7 Å². The largest absolute Gasteiger partial charge is 0.415 e. The van der Waals surface area contributed by atoms with E-state index in [2.05, 4.69) is 26.1 Å². The van der Waals surface area contributed by atoms with Gasteiger partial charge in [0.05, 0.1) is 5.54 Å². The molecule has 32 heavy (non-hydrogen) atoms. The van der Waals surface area contributed by atoms with Crippen molar-refractivity contribution in [3.05, 3.63) is 69.8 Å². The van der Waals surface area contributed by atoms with E-state index in [-0.39, 0.29) is 17.9 Å². The number of benzene rings is 2. The van der Waals surface area contributed by atoms with Crippen molar-refractivity contribution in [2.24, 2.45) is 5.73 Å². The molecule has 2 N–H and O–H groups in total. The van der Waals surface area contributed by atoms with Gasteiger partial charge in [0.15, 0.2) is 0 Å². The summed E-state index contributed by atoms with van der Waals surface area (Å²) in [6, 6.07) is 11.2. The standard InChI is InChI=1S/C21H18BrF3N4O2S/c22-15-5-3-14(4-6-15)21(11-32-8-7-29(21)20(26)30)10-13-2-1-12(9-16(13)23)18-27-28-19(31-18)17(24)25/h1-6,9,17H,7-8,10-11H2,(H2,26,30).